The number of nitrogens with one attached hydrogen (secondary N) is 1. The first-order chi connectivity index (χ1) is 5.48. The van der Waals surface area contributed by atoms with E-state index in [2.05, 4.69) is 0 Å². The van der Waals surface area contributed by atoms with Crippen LogP contribution < -0.4 is 4.13 Å². The summed E-state index contributed by atoms with van der Waals surface area (Å²) in [5.41, 5.74) is 0. The number of hydrogen-bond acceptors (Lipinski definition) is 4. The summed E-state index contributed by atoms with van der Waals surface area (Å²) in [6.45, 7) is 1.94. The van der Waals surface area contributed by atoms with Crippen molar-refractivity contribution in [2.45, 2.75) is 26.2 Å². The van der Waals surface area contributed by atoms with E-state index in [-0.39, 0.29) is 5.75 Å². The second-order valence-electron chi connectivity index (χ2n) is 2.34. The molecule has 1 N–H and O–H groups in total. The van der Waals surface area contributed by atoms with E-state index in [0.717, 1.165) is 12.8 Å². The molecular weight excluding hydrogens is 202 g/mol. The fourth-order valence-corrected chi connectivity index (χ4v) is 2.43. The molecule has 1 atom stereocenters. The van der Waals surface area contributed by atoms with Crippen molar-refractivity contribution in [3.8, 4) is 0 Å². The first kappa shape index (κ1) is 12.0. The molecule has 7 heteroatoms. The van der Waals surface area contributed by atoms with Crippen LogP contribution in [0.4, 0.5) is 0 Å². The number of rotatable bonds is 6. The quantitative estimate of drug-likeness (QED) is 0.493. The molecule has 0 heterocycles. The van der Waals surface area contributed by atoms with E-state index in [1.54, 1.807) is 0 Å². The number of hydrogen-bond donors (Lipinski definition) is 1. The lowest BCUT2D eigenvalue weighted by molar-refractivity contribution is 0.529. The van der Waals surface area contributed by atoms with Gasteiger partial charge in [0.1, 0.15) is 0 Å². The van der Waals surface area contributed by atoms with Crippen molar-refractivity contribution in [1.82, 2.24) is 4.13 Å². The molecule has 0 bridgehead atoms. The predicted molar refractivity (Wildman–Crippen MR) is 45.4 cm³/mol. The summed E-state index contributed by atoms with van der Waals surface area (Å²) in [7, 11) is -3.62. The Labute approximate surface area is 75.0 Å². The summed E-state index contributed by atoms with van der Waals surface area (Å²) < 4.78 is 43.0. The van der Waals surface area contributed by atoms with E-state index in [1.807, 2.05) is 6.92 Å². The van der Waals surface area contributed by atoms with Crippen LogP contribution in [-0.2, 0) is 21.3 Å². The standard InChI is InChI=1S/C5H13NO4S2/c1-2-3-4-5-12(9,10)6-11(7)8/h6H,2-5H2,1H3,(H,7,8)/p-1. The highest BCUT2D eigenvalue weighted by Crippen LogP contribution is 1.97. The zero-order chi connectivity index (χ0) is 9.61. The largest absolute Gasteiger partial charge is 0.759 e. The first-order valence-corrected chi connectivity index (χ1v) is 6.30. The Morgan fingerprint density at radius 1 is 1.42 bits per heavy atom. The van der Waals surface area contributed by atoms with E-state index in [1.165, 1.54) is 4.13 Å². The Hall–Kier alpha value is 0.0200. The van der Waals surface area contributed by atoms with E-state index in [9.17, 15) is 17.2 Å². The molecule has 0 saturated carbocycles. The van der Waals surface area contributed by atoms with Gasteiger partial charge in [0.05, 0.1) is 5.75 Å². The van der Waals surface area contributed by atoms with E-state index in [0.29, 0.717) is 6.42 Å². The van der Waals surface area contributed by atoms with Gasteiger partial charge in [-0.15, -0.1) is 4.13 Å². The minimum atomic E-state index is -3.62. The topological polar surface area (TPSA) is 86.3 Å². The normalized spacial score (nSPS) is 14.5. The molecule has 0 radical (unpaired) electrons. The van der Waals surface area contributed by atoms with Gasteiger partial charge in [-0.25, -0.2) is 8.42 Å². The molecule has 12 heavy (non-hydrogen) atoms. The molecular formula is C5H12NO4S2-. The van der Waals surface area contributed by atoms with Crippen molar-refractivity contribution in [2.75, 3.05) is 5.75 Å². The third kappa shape index (κ3) is 6.71. The van der Waals surface area contributed by atoms with Gasteiger partial charge < -0.3 is 4.55 Å². The highest BCUT2D eigenvalue weighted by Gasteiger charge is 2.08. The molecule has 0 aliphatic carbocycles. The monoisotopic (exact) mass is 214 g/mol. The van der Waals surface area contributed by atoms with Gasteiger partial charge in [-0.3, -0.25) is 4.21 Å². The van der Waals surface area contributed by atoms with Crippen molar-refractivity contribution in [3.63, 3.8) is 0 Å². The van der Waals surface area contributed by atoms with Crippen LogP contribution in [-0.4, -0.2) is 22.9 Å². The van der Waals surface area contributed by atoms with Crippen LogP contribution >= 0.6 is 0 Å². The Morgan fingerprint density at radius 3 is 2.42 bits per heavy atom. The van der Waals surface area contributed by atoms with Crippen LogP contribution in [0.2, 0.25) is 0 Å². The molecule has 0 saturated heterocycles. The molecule has 0 aliphatic rings. The van der Waals surface area contributed by atoms with Crippen LogP contribution in [0.1, 0.15) is 26.2 Å². The molecule has 0 aromatic heterocycles. The first-order valence-electron chi connectivity index (χ1n) is 3.57. The Kier molecular flexibility index (Phi) is 5.64. The van der Waals surface area contributed by atoms with Crippen LogP contribution in [0.5, 0.6) is 0 Å². The lowest BCUT2D eigenvalue weighted by atomic mass is 10.3. The van der Waals surface area contributed by atoms with Crippen molar-refractivity contribution < 1.29 is 17.2 Å². The maximum atomic E-state index is 10.8. The molecule has 0 aromatic rings. The van der Waals surface area contributed by atoms with E-state index >= 15 is 0 Å². The summed E-state index contributed by atoms with van der Waals surface area (Å²) in [4.78, 5) is 0. The van der Waals surface area contributed by atoms with Crippen LogP contribution in [0, 0.1) is 0 Å². The van der Waals surface area contributed by atoms with Crippen LogP contribution in [0.3, 0.4) is 0 Å². The van der Waals surface area contributed by atoms with Crippen molar-refractivity contribution in [3.05, 3.63) is 0 Å². The van der Waals surface area contributed by atoms with Crippen LogP contribution in [0.15, 0.2) is 0 Å². The minimum Gasteiger partial charge on any atom is -0.759 e. The molecule has 0 rings (SSSR count). The van der Waals surface area contributed by atoms with Gasteiger partial charge in [-0.2, -0.15) is 0 Å². The summed E-state index contributed by atoms with van der Waals surface area (Å²) in [5, 5.41) is 0. The summed E-state index contributed by atoms with van der Waals surface area (Å²) in [6, 6.07) is 0. The number of unbranched alkanes of at least 4 members (excludes halogenated alkanes) is 2. The van der Waals surface area contributed by atoms with Gasteiger partial charge >= 0.3 is 0 Å². The molecule has 0 spiro atoms. The third-order valence-corrected chi connectivity index (χ3v) is 3.60. The maximum Gasteiger partial charge on any atom is 0.221 e. The molecule has 1 unspecified atom stereocenters. The second kappa shape index (κ2) is 5.63. The molecule has 0 aliphatic heterocycles. The molecule has 5 nitrogen and oxygen atoms in total. The summed E-state index contributed by atoms with van der Waals surface area (Å²) in [5.74, 6) is -0.130. The third-order valence-electron chi connectivity index (χ3n) is 1.21. The van der Waals surface area contributed by atoms with E-state index in [4.69, 9.17) is 0 Å². The molecule has 0 aromatic carbocycles. The van der Waals surface area contributed by atoms with Gasteiger partial charge in [0.15, 0.2) is 0 Å². The minimum absolute atomic E-state index is 0.130. The zero-order valence-corrected chi connectivity index (χ0v) is 8.41. The van der Waals surface area contributed by atoms with Gasteiger partial charge in [0.2, 0.25) is 10.0 Å². The SMILES string of the molecule is CCCCCS(=O)(=O)NS(=O)[O-]. The molecule has 74 valence electrons. The van der Waals surface area contributed by atoms with Crippen molar-refractivity contribution >= 4 is 21.3 Å². The van der Waals surface area contributed by atoms with Gasteiger partial charge in [0.25, 0.3) is 0 Å². The summed E-state index contributed by atoms with van der Waals surface area (Å²) in [6.07, 6.45) is 2.17. The highest BCUT2D eigenvalue weighted by molar-refractivity contribution is 7.99. The lowest BCUT2D eigenvalue weighted by Gasteiger charge is -2.07. The van der Waals surface area contributed by atoms with Gasteiger partial charge in [-0.05, 0) is 6.42 Å². The Balaban J connectivity index is 3.81. The molecule has 0 fully saturated rings. The summed E-state index contributed by atoms with van der Waals surface area (Å²) >= 11 is -2.73. The zero-order valence-electron chi connectivity index (χ0n) is 6.78. The predicted octanol–water partition coefficient (Wildman–Crippen LogP) is -0.110. The fraction of sp³-hybridized carbons (Fsp3) is 1.00. The lowest BCUT2D eigenvalue weighted by Crippen LogP contribution is -2.27. The average Bonchev–Trinajstić information content (AvgIpc) is 1.84. The Bertz CT molecular complexity index is 236. The van der Waals surface area contributed by atoms with Crippen molar-refractivity contribution in [2.24, 2.45) is 0 Å². The number of sulfonamides is 1. The highest BCUT2D eigenvalue weighted by atomic mass is 32.3. The van der Waals surface area contributed by atoms with Crippen LogP contribution in [0.25, 0.3) is 0 Å². The van der Waals surface area contributed by atoms with E-state index < -0.39 is 21.3 Å². The van der Waals surface area contributed by atoms with Gasteiger partial charge in [-0.1, -0.05) is 19.8 Å². The Morgan fingerprint density at radius 2 is 2.00 bits per heavy atom. The van der Waals surface area contributed by atoms with Gasteiger partial charge in [0, 0.05) is 11.3 Å². The smallest absolute Gasteiger partial charge is 0.221 e. The molecule has 0 amide bonds. The second-order valence-corrected chi connectivity index (χ2v) is 5.12. The fourth-order valence-electron chi connectivity index (χ4n) is 0.687. The average molecular weight is 214 g/mol. The van der Waals surface area contributed by atoms with Crippen molar-refractivity contribution in [1.29, 1.82) is 0 Å². The maximum absolute atomic E-state index is 10.8.